The second-order valence-corrected chi connectivity index (χ2v) is 5.21. The number of methoxy groups -OCH3 is 3. The number of rotatable bonds is 8. The summed E-state index contributed by atoms with van der Waals surface area (Å²) in [5.74, 6) is -0.579. The Morgan fingerprint density at radius 3 is 2.26 bits per heavy atom. The lowest BCUT2D eigenvalue weighted by molar-refractivity contribution is -0.385. The number of ketones is 1. The van der Waals surface area contributed by atoms with E-state index in [-0.39, 0.29) is 28.3 Å². The van der Waals surface area contributed by atoms with Gasteiger partial charge < -0.3 is 18.9 Å². The lowest BCUT2D eigenvalue weighted by atomic mass is 10.1. The number of nitro groups is 1. The molecule has 2 rings (SSSR count). The van der Waals surface area contributed by atoms with Crippen LogP contribution in [0.3, 0.4) is 0 Å². The van der Waals surface area contributed by atoms with Gasteiger partial charge in [-0.1, -0.05) is 0 Å². The lowest BCUT2D eigenvalue weighted by Crippen LogP contribution is -2.15. The first-order valence-electron chi connectivity index (χ1n) is 7.66. The summed E-state index contributed by atoms with van der Waals surface area (Å²) in [5, 5.41) is 11.0. The molecule has 0 N–H and O–H groups in total. The topological polar surface area (TPSA) is 114 Å². The molecule has 0 radical (unpaired) electrons. The first-order chi connectivity index (χ1) is 12.9. The van der Waals surface area contributed by atoms with E-state index < -0.39 is 23.3 Å². The summed E-state index contributed by atoms with van der Waals surface area (Å²) >= 11 is 0. The molecule has 0 heterocycles. The second kappa shape index (κ2) is 8.65. The summed E-state index contributed by atoms with van der Waals surface area (Å²) in [4.78, 5) is 34.8. The van der Waals surface area contributed by atoms with Crippen LogP contribution >= 0.6 is 0 Å². The van der Waals surface area contributed by atoms with Crippen LogP contribution in [0.5, 0.6) is 17.2 Å². The molecule has 0 saturated heterocycles. The van der Waals surface area contributed by atoms with Gasteiger partial charge in [-0.3, -0.25) is 14.9 Å². The molecule has 0 amide bonds. The molecular formula is C18H17NO8. The first-order valence-corrected chi connectivity index (χ1v) is 7.66. The number of hydrogen-bond donors (Lipinski definition) is 0. The fourth-order valence-electron chi connectivity index (χ4n) is 2.28. The molecule has 0 aliphatic rings. The van der Waals surface area contributed by atoms with E-state index >= 15 is 0 Å². The van der Waals surface area contributed by atoms with Gasteiger partial charge in [0.2, 0.25) is 5.78 Å². The van der Waals surface area contributed by atoms with Crippen LogP contribution in [0.4, 0.5) is 5.69 Å². The van der Waals surface area contributed by atoms with Crippen LogP contribution in [0.15, 0.2) is 36.4 Å². The fraction of sp³-hybridized carbons (Fsp3) is 0.222. The van der Waals surface area contributed by atoms with Crippen LogP contribution < -0.4 is 14.2 Å². The third kappa shape index (κ3) is 4.51. The van der Waals surface area contributed by atoms with Gasteiger partial charge in [0.25, 0.3) is 0 Å². The van der Waals surface area contributed by atoms with E-state index in [1.807, 2.05) is 0 Å². The third-order valence-corrected chi connectivity index (χ3v) is 3.65. The molecule has 27 heavy (non-hydrogen) atoms. The maximum atomic E-state index is 12.3. The minimum atomic E-state index is -0.874. The number of ether oxygens (including phenoxy) is 4. The summed E-state index contributed by atoms with van der Waals surface area (Å²) in [6.45, 7) is -0.554. The molecule has 0 saturated carbocycles. The van der Waals surface area contributed by atoms with Crippen LogP contribution in [0, 0.1) is 10.1 Å². The maximum Gasteiger partial charge on any atom is 0.338 e. The van der Waals surface area contributed by atoms with E-state index in [0.717, 1.165) is 6.07 Å². The van der Waals surface area contributed by atoms with E-state index in [1.54, 1.807) is 6.07 Å². The van der Waals surface area contributed by atoms with E-state index in [2.05, 4.69) is 0 Å². The first kappa shape index (κ1) is 19.7. The lowest BCUT2D eigenvalue weighted by Gasteiger charge is -2.10. The Kier molecular flexibility index (Phi) is 6.32. The van der Waals surface area contributed by atoms with Gasteiger partial charge >= 0.3 is 11.7 Å². The third-order valence-electron chi connectivity index (χ3n) is 3.65. The largest absolute Gasteiger partial charge is 0.497 e. The molecule has 9 nitrogen and oxygen atoms in total. The monoisotopic (exact) mass is 375 g/mol. The molecule has 0 spiro atoms. The van der Waals surface area contributed by atoms with Crippen molar-refractivity contribution in [1.29, 1.82) is 0 Å². The average molecular weight is 375 g/mol. The normalized spacial score (nSPS) is 10.0. The van der Waals surface area contributed by atoms with Crippen molar-refractivity contribution in [3.63, 3.8) is 0 Å². The molecule has 142 valence electrons. The van der Waals surface area contributed by atoms with E-state index in [4.69, 9.17) is 18.9 Å². The van der Waals surface area contributed by atoms with Gasteiger partial charge in [0.1, 0.15) is 11.5 Å². The molecule has 0 fully saturated rings. The highest BCUT2D eigenvalue weighted by Gasteiger charge is 2.20. The summed E-state index contributed by atoms with van der Waals surface area (Å²) in [6.07, 6.45) is 0. The minimum absolute atomic E-state index is 0.00981. The Bertz CT molecular complexity index is 878. The fourth-order valence-corrected chi connectivity index (χ4v) is 2.28. The van der Waals surface area contributed by atoms with Crippen molar-refractivity contribution in [1.82, 2.24) is 0 Å². The van der Waals surface area contributed by atoms with Crippen molar-refractivity contribution in [2.45, 2.75) is 0 Å². The van der Waals surface area contributed by atoms with Gasteiger partial charge in [0.05, 0.1) is 37.4 Å². The number of nitrogens with zero attached hydrogens (tertiary/aromatic N) is 1. The van der Waals surface area contributed by atoms with E-state index in [0.29, 0.717) is 5.75 Å². The summed E-state index contributed by atoms with van der Waals surface area (Å²) < 4.78 is 20.0. The zero-order valence-electron chi connectivity index (χ0n) is 14.9. The Morgan fingerprint density at radius 2 is 1.67 bits per heavy atom. The Balaban J connectivity index is 2.13. The molecule has 0 bridgehead atoms. The standard InChI is InChI=1S/C18H17NO8/c1-24-12-5-6-13(17(9-12)26-3)15(20)10-27-18(21)11-4-7-16(25-2)14(8-11)19(22)23/h4-9H,10H2,1-3H3. The number of carbonyl (C=O) groups excluding carboxylic acids is 2. The highest BCUT2D eigenvalue weighted by Crippen LogP contribution is 2.28. The molecule has 2 aromatic carbocycles. The molecule has 0 aliphatic heterocycles. The van der Waals surface area contributed by atoms with Gasteiger partial charge in [0.15, 0.2) is 12.4 Å². The van der Waals surface area contributed by atoms with Crippen LogP contribution in [-0.4, -0.2) is 44.6 Å². The van der Waals surface area contributed by atoms with Crippen LogP contribution in [0.25, 0.3) is 0 Å². The van der Waals surface area contributed by atoms with Gasteiger partial charge in [-0.25, -0.2) is 4.79 Å². The van der Waals surface area contributed by atoms with Crippen LogP contribution in [0.2, 0.25) is 0 Å². The SMILES string of the molecule is COc1ccc(C(=O)COC(=O)c2ccc(OC)c([N+](=O)[O-])c2)c(OC)c1. The number of benzene rings is 2. The van der Waals surface area contributed by atoms with Gasteiger partial charge in [0, 0.05) is 12.1 Å². The van der Waals surface area contributed by atoms with Gasteiger partial charge in [-0.15, -0.1) is 0 Å². The van der Waals surface area contributed by atoms with Crippen molar-refractivity contribution in [2.24, 2.45) is 0 Å². The predicted molar refractivity (Wildman–Crippen MR) is 93.8 cm³/mol. The molecule has 9 heteroatoms. The number of nitro benzene ring substituents is 1. The smallest absolute Gasteiger partial charge is 0.338 e. The van der Waals surface area contributed by atoms with Crippen molar-refractivity contribution in [3.05, 3.63) is 57.6 Å². The molecular weight excluding hydrogens is 358 g/mol. The van der Waals surface area contributed by atoms with E-state index in [9.17, 15) is 19.7 Å². The maximum absolute atomic E-state index is 12.3. The predicted octanol–water partition coefficient (Wildman–Crippen LogP) is 2.66. The molecule has 0 aliphatic carbocycles. The molecule has 0 unspecified atom stereocenters. The molecule has 2 aromatic rings. The molecule has 0 atom stereocenters. The second-order valence-electron chi connectivity index (χ2n) is 5.21. The average Bonchev–Trinajstić information content (AvgIpc) is 2.70. The highest BCUT2D eigenvalue weighted by molar-refractivity contribution is 6.01. The Hall–Kier alpha value is -3.62. The Morgan fingerprint density at radius 1 is 0.963 bits per heavy atom. The van der Waals surface area contributed by atoms with Crippen molar-refractivity contribution >= 4 is 17.4 Å². The van der Waals surface area contributed by atoms with Crippen molar-refractivity contribution in [3.8, 4) is 17.2 Å². The zero-order chi connectivity index (χ0) is 20.0. The summed E-state index contributed by atoms with van der Waals surface area (Å²) in [6, 6.07) is 8.22. The quantitative estimate of drug-likeness (QED) is 0.299. The van der Waals surface area contributed by atoms with E-state index in [1.165, 1.54) is 45.6 Å². The number of Topliss-reactive ketones (excluding diaryl/α,β-unsaturated/α-hetero) is 1. The number of hydrogen-bond acceptors (Lipinski definition) is 8. The van der Waals surface area contributed by atoms with Crippen LogP contribution in [-0.2, 0) is 4.74 Å². The highest BCUT2D eigenvalue weighted by atomic mass is 16.6. The van der Waals surface area contributed by atoms with Crippen LogP contribution in [0.1, 0.15) is 20.7 Å². The van der Waals surface area contributed by atoms with Crippen molar-refractivity contribution < 1.29 is 33.5 Å². The minimum Gasteiger partial charge on any atom is -0.497 e. The van der Waals surface area contributed by atoms with Gasteiger partial charge in [-0.2, -0.15) is 0 Å². The zero-order valence-corrected chi connectivity index (χ0v) is 14.9. The Labute approximate surface area is 154 Å². The number of esters is 1. The summed E-state index contributed by atoms with van der Waals surface area (Å²) in [7, 11) is 4.15. The van der Waals surface area contributed by atoms with Crippen molar-refractivity contribution in [2.75, 3.05) is 27.9 Å². The molecule has 0 aromatic heterocycles. The summed E-state index contributed by atoms with van der Waals surface area (Å²) in [5.41, 5.74) is -0.237. The van der Waals surface area contributed by atoms with Gasteiger partial charge in [-0.05, 0) is 24.3 Å². The number of carbonyl (C=O) groups is 2.